The van der Waals surface area contributed by atoms with Crippen molar-refractivity contribution in [1.82, 2.24) is 39.0 Å². The van der Waals surface area contributed by atoms with E-state index in [1.54, 1.807) is 66.1 Å². The molecule has 6 aromatic rings. The molecule has 1 N–H and O–H groups in total. The van der Waals surface area contributed by atoms with E-state index in [4.69, 9.17) is 24.2 Å². The number of carbonyl (C=O) groups excluding carboxylic acids is 1. The standard InChI is InChI=1S/C23H25N5O4.C22H25N5O3/c1-23(2)12-27(11-19(29)16-9-15(31-3)5-6-20(16)32-4)22-26-18(10-21(30)28(22)13-23)17-7-8-24-14-25-17;1-22(2)12-26(11-18(28)15-6-4-5-7-19(15)30-3)21-25-17(10-20(29)27(21)13-22)16-8-9-23-14-24-16/h5-10,14H,11-13H2,1-4H3;4-10,14,18,28H,11-13H2,1-3H3. The van der Waals surface area contributed by atoms with E-state index in [1.807, 2.05) is 34.1 Å². The summed E-state index contributed by atoms with van der Waals surface area (Å²) in [5, 5.41) is 11.0. The molecular weight excluding hydrogens is 793 g/mol. The van der Waals surface area contributed by atoms with Gasteiger partial charge in [0.2, 0.25) is 11.9 Å². The SMILES string of the molecule is COc1ccc(OC)c(C(=O)CN2CC(C)(C)Cn3c2nc(-c2ccncn2)cc3=O)c1.COc1ccccc1C(O)CN1CC(C)(C)Cn2c1nc(-c1ccncn1)cc2=O. The number of hydrogen-bond donors (Lipinski definition) is 1. The highest BCUT2D eigenvalue weighted by molar-refractivity contribution is 6.02. The van der Waals surface area contributed by atoms with Gasteiger partial charge in [0.05, 0.1) is 62.8 Å². The first-order chi connectivity index (χ1) is 29.7. The largest absolute Gasteiger partial charge is 0.497 e. The van der Waals surface area contributed by atoms with Crippen LogP contribution in [0.3, 0.4) is 0 Å². The van der Waals surface area contributed by atoms with Crippen molar-refractivity contribution in [1.29, 1.82) is 0 Å². The monoisotopic (exact) mass is 842 g/mol. The summed E-state index contributed by atoms with van der Waals surface area (Å²) in [6.07, 6.45) is 5.25. The highest BCUT2D eigenvalue weighted by atomic mass is 16.5. The number of aromatic nitrogens is 8. The molecule has 0 saturated carbocycles. The second-order valence-electron chi connectivity index (χ2n) is 16.7. The quantitative estimate of drug-likeness (QED) is 0.176. The lowest BCUT2D eigenvalue weighted by molar-refractivity contribution is 0.0990. The number of ether oxygens (including phenoxy) is 3. The Balaban J connectivity index is 0.000000187. The average molecular weight is 843 g/mol. The maximum atomic E-state index is 13.3. The molecule has 322 valence electrons. The smallest absolute Gasteiger partial charge is 0.255 e. The molecule has 6 heterocycles. The minimum absolute atomic E-state index is 0.0343. The van der Waals surface area contributed by atoms with Crippen molar-refractivity contribution in [3.8, 4) is 40.0 Å². The molecule has 2 aromatic carbocycles. The number of nitrogens with zero attached hydrogens (tertiary/aromatic N) is 10. The molecule has 2 aliphatic rings. The fraction of sp³-hybridized carbons (Fsp3) is 0.356. The number of carbonyl (C=O) groups is 1. The number of benzene rings is 2. The van der Waals surface area contributed by atoms with Crippen molar-refractivity contribution in [2.45, 2.75) is 46.9 Å². The highest BCUT2D eigenvalue weighted by Gasteiger charge is 2.35. The Morgan fingerprint density at radius 2 is 1.23 bits per heavy atom. The van der Waals surface area contributed by atoms with Crippen LogP contribution < -0.4 is 35.1 Å². The van der Waals surface area contributed by atoms with Crippen LogP contribution in [0.2, 0.25) is 0 Å². The Morgan fingerprint density at radius 3 is 1.76 bits per heavy atom. The minimum atomic E-state index is -0.803. The Hall–Kier alpha value is -7.01. The van der Waals surface area contributed by atoms with Gasteiger partial charge >= 0.3 is 0 Å². The van der Waals surface area contributed by atoms with Crippen LogP contribution in [0.1, 0.15) is 49.7 Å². The molecule has 17 nitrogen and oxygen atoms in total. The summed E-state index contributed by atoms with van der Waals surface area (Å²) >= 11 is 0. The zero-order valence-electron chi connectivity index (χ0n) is 35.8. The van der Waals surface area contributed by atoms with E-state index in [0.717, 1.165) is 0 Å². The number of β-amino-alcohol motifs (C(OH)–C–C–N with tert-alkyl or cyclic N) is 1. The minimum Gasteiger partial charge on any atom is -0.497 e. The number of aliphatic hydroxyl groups is 1. The fourth-order valence-electron chi connectivity index (χ4n) is 7.86. The van der Waals surface area contributed by atoms with Crippen molar-refractivity contribution in [2.75, 3.05) is 57.3 Å². The van der Waals surface area contributed by atoms with Crippen molar-refractivity contribution in [3.05, 3.63) is 124 Å². The number of rotatable bonds is 11. The first kappa shape index (κ1) is 43.1. The van der Waals surface area contributed by atoms with E-state index in [2.05, 4.69) is 47.6 Å². The normalized spacial score (nSPS) is 15.3. The summed E-state index contributed by atoms with van der Waals surface area (Å²) in [6.45, 7) is 10.9. The van der Waals surface area contributed by atoms with Gasteiger partial charge in [-0.05, 0) is 36.4 Å². The van der Waals surface area contributed by atoms with E-state index < -0.39 is 6.10 Å². The van der Waals surface area contributed by atoms with E-state index in [0.29, 0.717) is 89.2 Å². The zero-order chi connectivity index (χ0) is 44.2. The maximum absolute atomic E-state index is 13.3. The molecule has 1 unspecified atom stereocenters. The molecule has 62 heavy (non-hydrogen) atoms. The lowest BCUT2D eigenvalue weighted by Gasteiger charge is -2.41. The summed E-state index contributed by atoms with van der Waals surface area (Å²) in [6, 6.07) is 18.9. The number of hydrogen-bond acceptors (Lipinski definition) is 15. The van der Waals surface area contributed by atoms with E-state index >= 15 is 0 Å². The number of ketones is 1. The summed E-state index contributed by atoms with van der Waals surface area (Å²) in [5.41, 5.74) is 2.46. The molecule has 0 spiro atoms. The van der Waals surface area contributed by atoms with Crippen LogP contribution >= 0.6 is 0 Å². The number of fused-ring (bicyclic) bond motifs is 2. The topological polar surface area (TPSA) is 193 Å². The Morgan fingerprint density at radius 1 is 0.677 bits per heavy atom. The summed E-state index contributed by atoms with van der Waals surface area (Å²) in [7, 11) is 4.65. The second-order valence-corrected chi connectivity index (χ2v) is 16.7. The van der Waals surface area contributed by atoms with Gasteiger partial charge in [-0.15, -0.1) is 0 Å². The zero-order valence-corrected chi connectivity index (χ0v) is 35.8. The van der Waals surface area contributed by atoms with Gasteiger partial charge in [-0.25, -0.2) is 29.9 Å². The first-order valence-corrected chi connectivity index (χ1v) is 20.0. The van der Waals surface area contributed by atoms with Gasteiger partial charge in [-0.2, -0.15) is 0 Å². The number of methoxy groups -OCH3 is 3. The van der Waals surface area contributed by atoms with Crippen LogP contribution in [0.5, 0.6) is 17.2 Å². The third kappa shape index (κ3) is 9.47. The summed E-state index contributed by atoms with van der Waals surface area (Å²) < 4.78 is 19.3. The first-order valence-electron chi connectivity index (χ1n) is 20.0. The lowest BCUT2D eigenvalue weighted by Crippen LogP contribution is -2.49. The van der Waals surface area contributed by atoms with Crippen LogP contribution in [0, 0.1) is 10.8 Å². The lowest BCUT2D eigenvalue weighted by atomic mass is 9.90. The molecule has 0 fully saturated rings. The third-order valence-corrected chi connectivity index (χ3v) is 10.6. The molecule has 1 atom stereocenters. The average Bonchev–Trinajstić information content (AvgIpc) is 3.27. The molecule has 0 radical (unpaired) electrons. The second kappa shape index (κ2) is 17.9. The number of aliphatic hydroxyl groups excluding tert-OH is 1. The summed E-state index contributed by atoms with van der Waals surface area (Å²) in [4.78, 5) is 68.7. The highest BCUT2D eigenvalue weighted by Crippen LogP contribution is 2.34. The van der Waals surface area contributed by atoms with Crippen LogP contribution in [0.25, 0.3) is 22.8 Å². The molecule has 17 heteroatoms. The third-order valence-electron chi connectivity index (χ3n) is 10.6. The van der Waals surface area contributed by atoms with Crippen LogP contribution in [0.4, 0.5) is 11.9 Å². The molecule has 0 bridgehead atoms. The van der Waals surface area contributed by atoms with Gasteiger partial charge in [0, 0.05) is 67.1 Å². The number of para-hydroxylation sites is 1. The maximum Gasteiger partial charge on any atom is 0.255 e. The van der Waals surface area contributed by atoms with E-state index in [-0.39, 0.29) is 40.8 Å². The van der Waals surface area contributed by atoms with E-state index in [1.165, 1.54) is 31.9 Å². The molecule has 4 aromatic heterocycles. The van der Waals surface area contributed by atoms with E-state index in [9.17, 15) is 19.5 Å². The predicted octanol–water partition coefficient (Wildman–Crippen LogP) is 4.74. The molecule has 0 saturated heterocycles. The molecule has 0 amide bonds. The number of Topliss-reactive ketones (excluding diaryl/α,β-unsaturated/α-hetero) is 1. The number of anilines is 2. The molecule has 8 rings (SSSR count). The van der Waals surface area contributed by atoms with Gasteiger partial charge in [0.25, 0.3) is 11.1 Å². The van der Waals surface area contributed by atoms with Crippen molar-refractivity contribution in [2.24, 2.45) is 10.8 Å². The van der Waals surface area contributed by atoms with Gasteiger partial charge in [0.15, 0.2) is 5.78 Å². The summed E-state index contributed by atoms with van der Waals surface area (Å²) in [5.74, 6) is 2.47. The Labute approximate surface area is 358 Å². The van der Waals surface area contributed by atoms with Crippen molar-refractivity contribution < 1.29 is 24.1 Å². The van der Waals surface area contributed by atoms with Gasteiger partial charge in [-0.1, -0.05) is 45.9 Å². The fourth-order valence-corrected chi connectivity index (χ4v) is 7.86. The molecular formula is C45H50N10O7. The van der Waals surface area contributed by atoms with Crippen molar-refractivity contribution in [3.63, 3.8) is 0 Å². The van der Waals surface area contributed by atoms with Crippen LogP contribution in [-0.2, 0) is 13.1 Å². The predicted molar refractivity (Wildman–Crippen MR) is 233 cm³/mol. The van der Waals surface area contributed by atoms with Gasteiger partial charge in [0.1, 0.15) is 36.0 Å². The molecule has 2 aliphatic heterocycles. The Bertz CT molecular complexity index is 2670. The molecule has 0 aliphatic carbocycles. The van der Waals surface area contributed by atoms with Crippen LogP contribution in [0.15, 0.2) is 101 Å². The Kier molecular flexibility index (Phi) is 12.5. The van der Waals surface area contributed by atoms with Gasteiger partial charge < -0.3 is 29.1 Å². The van der Waals surface area contributed by atoms with Crippen molar-refractivity contribution >= 4 is 17.7 Å². The van der Waals surface area contributed by atoms with Crippen LogP contribution in [-0.4, -0.2) is 97.4 Å². The van der Waals surface area contributed by atoms with Gasteiger partial charge in [-0.3, -0.25) is 23.5 Å².